The number of ether oxygens (including phenoxy) is 1. The molecule has 0 saturated carbocycles. The number of aromatic nitrogens is 1. The van der Waals surface area contributed by atoms with E-state index >= 15 is 0 Å². The Morgan fingerprint density at radius 1 is 1.12 bits per heavy atom. The zero-order chi connectivity index (χ0) is 18.4. The van der Waals surface area contributed by atoms with Crippen molar-refractivity contribution in [1.82, 2.24) is 10.3 Å². The van der Waals surface area contributed by atoms with Crippen LogP contribution in [0.1, 0.15) is 15.9 Å². The number of nitrogens with one attached hydrogen (secondary N) is 2. The minimum Gasteiger partial charge on any atom is -0.497 e. The highest BCUT2D eigenvalue weighted by atomic mass is 19.1. The van der Waals surface area contributed by atoms with Crippen molar-refractivity contribution in [1.29, 1.82) is 0 Å². The first-order chi connectivity index (χ1) is 12.7. The van der Waals surface area contributed by atoms with Gasteiger partial charge in [0.1, 0.15) is 17.4 Å². The molecule has 3 rings (SSSR count). The van der Waals surface area contributed by atoms with Gasteiger partial charge in [0.25, 0.3) is 5.91 Å². The fourth-order valence-corrected chi connectivity index (χ4v) is 2.38. The first kappa shape index (κ1) is 17.4. The topological polar surface area (TPSA) is 63.2 Å². The predicted octanol–water partition coefficient (Wildman–Crippen LogP) is 3.90. The lowest BCUT2D eigenvalue weighted by Gasteiger charge is -2.09. The first-order valence-electron chi connectivity index (χ1n) is 8.04. The molecule has 0 unspecified atom stereocenters. The van der Waals surface area contributed by atoms with Crippen molar-refractivity contribution in [2.24, 2.45) is 0 Å². The number of benzene rings is 2. The smallest absolute Gasteiger partial charge is 0.251 e. The van der Waals surface area contributed by atoms with E-state index in [0.717, 1.165) is 11.4 Å². The van der Waals surface area contributed by atoms with Crippen molar-refractivity contribution < 1.29 is 13.9 Å². The number of methoxy groups -OCH3 is 1. The summed E-state index contributed by atoms with van der Waals surface area (Å²) in [6.07, 6.45) is 1.55. The summed E-state index contributed by atoms with van der Waals surface area (Å²) in [4.78, 5) is 16.5. The first-order valence-corrected chi connectivity index (χ1v) is 8.04. The molecule has 0 bridgehead atoms. The lowest BCUT2D eigenvalue weighted by molar-refractivity contribution is 0.0950. The number of carbonyl (C=O) groups excluding carboxylic acids is 1. The molecule has 0 spiro atoms. The number of nitrogens with zero attached hydrogens (tertiary/aromatic N) is 1. The second kappa shape index (κ2) is 8.11. The Kier molecular flexibility index (Phi) is 5.43. The van der Waals surface area contributed by atoms with Crippen molar-refractivity contribution in [3.63, 3.8) is 0 Å². The molecule has 0 fully saturated rings. The molecule has 0 saturated heterocycles. The van der Waals surface area contributed by atoms with Crippen molar-refractivity contribution in [3.8, 4) is 5.75 Å². The zero-order valence-electron chi connectivity index (χ0n) is 14.2. The van der Waals surface area contributed by atoms with Gasteiger partial charge in [-0.2, -0.15) is 0 Å². The fourth-order valence-electron chi connectivity index (χ4n) is 2.38. The van der Waals surface area contributed by atoms with Crippen LogP contribution in [-0.4, -0.2) is 18.0 Å². The molecular formula is C20H18FN3O2. The summed E-state index contributed by atoms with van der Waals surface area (Å²) >= 11 is 0. The van der Waals surface area contributed by atoms with Gasteiger partial charge in [-0.3, -0.25) is 4.79 Å². The molecule has 3 aromatic rings. The Morgan fingerprint density at radius 2 is 1.88 bits per heavy atom. The summed E-state index contributed by atoms with van der Waals surface area (Å²) in [5.74, 6) is 0.649. The second-order valence-electron chi connectivity index (χ2n) is 5.56. The van der Waals surface area contributed by atoms with Crippen LogP contribution in [0.5, 0.6) is 5.75 Å². The summed E-state index contributed by atoms with van der Waals surface area (Å²) in [6, 6.07) is 17.0. The van der Waals surface area contributed by atoms with Crippen LogP contribution in [0.3, 0.4) is 0 Å². The Morgan fingerprint density at radius 3 is 2.62 bits per heavy atom. The van der Waals surface area contributed by atoms with E-state index < -0.39 is 0 Å². The molecule has 1 amide bonds. The van der Waals surface area contributed by atoms with E-state index in [9.17, 15) is 9.18 Å². The average molecular weight is 351 g/mol. The van der Waals surface area contributed by atoms with Crippen LogP contribution in [0.25, 0.3) is 0 Å². The van der Waals surface area contributed by atoms with Crippen LogP contribution in [0.4, 0.5) is 15.9 Å². The van der Waals surface area contributed by atoms with Crippen molar-refractivity contribution in [2.45, 2.75) is 6.54 Å². The lowest BCUT2D eigenvalue weighted by Crippen LogP contribution is -2.23. The molecule has 132 valence electrons. The molecule has 5 nitrogen and oxygen atoms in total. The van der Waals surface area contributed by atoms with Gasteiger partial charge in [-0.05, 0) is 42.5 Å². The van der Waals surface area contributed by atoms with Gasteiger partial charge in [0.05, 0.1) is 7.11 Å². The van der Waals surface area contributed by atoms with Gasteiger partial charge in [-0.15, -0.1) is 0 Å². The van der Waals surface area contributed by atoms with Gasteiger partial charge >= 0.3 is 0 Å². The minimum atomic E-state index is -0.343. The average Bonchev–Trinajstić information content (AvgIpc) is 2.68. The maximum Gasteiger partial charge on any atom is 0.251 e. The minimum absolute atomic E-state index is 0.120. The summed E-state index contributed by atoms with van der Waals surface area (Å²) in [7, 11) is 1.60. The van der Waals surface area contributed by atoms with E-state index in [4.69, 9.17) is 4.74 Å². The van der Waals surface area contributed by atoms with Crippen LogP contribution in [0.2, 0.25) is 0 Å². The molecule has 0 radical (unpaired) electrons. The van der Waals surface area contributed by atoms with Crippen molar-refractivity contribution >= 4 is 17.4 Å². The van der Waals surface area contributed by atoms with Crippen LogP contribution in [-0.2, 0) is 6.54 Å². The standard InChI is InChI=1S/C20H18FN3O2/c1-26-17-8-6-16(7-9-17)24-19-12-14(10-11-22-19)20(25)23-13-15-4-2-3-5-18(15)21/h2-12H,13H2,1H3,(H,22,24)(H,23,25). The molecule has 2 N–H and O–H groups in total. The van der Waals surface area contributed by atoms with Crippen molar-refractivity contribution in [3.05, 3.63) is 83.8 Å². The fraction of sp³-hybridized carbons (Fsp3) is 0.100. The van der Waals surface area contributed by atoms with Gasteiger partial charge < -0.3 is 15.4 Å². The number of rotatable bonds is 6. The second-order valence-corrected chi connectivity index (χ2v) is 5.56. The molecule has 26 heavy (non-hydrogen) atoms. The summed E-state index contributed by atoms with van der Waals surface area (Å²) < 4.78 is 18.7. The van der Waals surface area contributed by atoms with E-state index in [1.54, 1.807) is 43.6 Å². The Balaban J connectivity index is 1.66. The Labute approximate surface area is 150 Å². The molecule has 1 heterocycles. The molecular weight excluding hydrogens is 333 g/mol. The van der Waals surface area contributed by atoms with Crippen LogP contribution in [0, 0.1) is 5.82 Å². The van der Waals surface area contributed by atoms with Gasteiger partial charge in [0.2, 0.25) is 0 Å². The molecule has 1 aromatic heterocycles. The number of halogens is 1. The maximum absolute atomic E-state index is 13.6. The third kappa shape index (κ3) is 4.36. The molecule has 0 aliphatic rings. The number of hydrogen-bond acceptors (Lipinski definition) is 4. The number of pyridine rings is 1. The largest absolute Gasteiger partial charge is 0.497 e. The quantitative estimate of drug-likeness (QED) is 0.707. The highest BCUT2D eigenvalue weighted by Gasteiger charge is 2.08. The van der Waals surface area contributed by atoms with E-state index in [2.05, 4.69) is 15.6 Å². The highest BCUT2D eigenvalue weighted by Crippen LogP contribution is 2.19. The van der Waals surface area contributed by atoms with E-state index in [0.29, 0.717) is 16.9 Å². The van der Waals surface area contributed by atoms with Gasteiger partial charge in [-0.1, -0.05) is 18.2 Å². The van der Waals surface area contributed by atoms with E-state index in [1.165, 1.54) is 6.07 Å². The van der Waals surface area contributed by atoms with Crippen LogP contribution in [0.15, 0.2) is 66.9 Å². The maximum atomic E-state index is 13.6. The molecule has 0 aliphatic heterocycles. The monoisotopic (exact) mass is 351 g/mol. The molecule has 6 heteroatoms. The molecule has 0 aliphatic carbocycles. The van der Waals surface area contributed by atoms with Crippen LogP contribution < -0.4 is 15.4 Å². The SMILES string of the molecule is COc1ccc(Nc2cc(C(=O)NCc3ccccc3F)ccn2)cc1. The predicted molar refractivity (Wildman–Crippen MR) is 98.1 cm³/mol. The van der Waals surface area contributed by atoms with Crippen molar-refractivity contribution in [2.75, 3.05) is 12.4 Å². The van der Waals surface area contributed by atoms with Gasteiger partial charge in [-0.25, -0.2) is 9.37 Å². The zero-order valence-corrected chi connectivity index (χ0v) is 14.2. The Hall–Kier alpha value is -3.41. The Bertz CT molecular complexity index is 898. The third-order valence-electron chi connectivity index (χ3n) is 3.78. The van der Waals surface area contributed by atoms with Crippen LogP contribution >= 0.6 is 0 Å². The summed E-state index contributed by atoms with van der Waals surface area (Å²) in [5.41, 5.74) is 1.70. The van der Waals surface area contributed by atoms with Gasteiger partial charge in [0, 0.05) is 29.6 Å². The number of anilines is 2. The molecule has 0 atom stereocenters. The molecule has 2 aromatic carbocycles. The highest BCUT2D eigenvalue weighted by molar-refractivity contribution is 5.94. The lowest BCUT2D eigenvalue weighted by atomic mass is 10.2. The third-order valence-corrected chi connectivity index (χ3v) is 3.78. The number of carbonyl (C=O) groups is 1. The number of hydrogen-bond donors (Lipinski definition) is 2. The number of amides is 1. The van der Waals surface area contributed by atoms with Gasteiger partial charge in [0.15, 0.2) is 0 Å². The normalized spacial score (nSPS) is 10.2. The summed E-state index contributed by atoms with van der Waals surface area (Å²) in [5, 5.41) is 5.84. The summed E-state index contributed by atoms with van der Waals surface area (Å²) in [6.45, 7) is 0.120. The van der Waals surface area contributed by atoms with E-state index in [-0.39, 0.29) is 18.3 Å². The van der Waals surface area contributed by atoms with E-state index in [1.807, 2.05) is 24.3 Å².